The first kappa shape index (κ1) is 31.1. The number of amides is 2. The predicted octanol–water partition coefficient (Wildman–Crippen LogP) is 5.82. The highest BCUT2D eigenvalue weighted by atomic mass is 19.4. The molecule has 0 spiro atoms. The molecule has 5 rings (SSSR count). The maximum absolute atomic E-state index is 14.3. The average Bonchev–Trinajstić information content (AvgIpc) is 3.73. The van der Waals surface area contributed by atoms with Gasteiger partial charge in [0.1, 0.15) is 5.52 Å². The minimum absolute atomic E-state index is 0.0340. The Kier molecular flexibility index (Phi) is 8.04. The van der Waals surface area contributed by atoms with Gasteiger partial charge in [0.25, 0.3) is 0 Å². The van der Waals surface area contributed by atoms with Crippen LogP contribution in [0.15, 0.2) is 53.8 Å². The lowest BCUT2D eigenvalue weighted by atomic mass is 9.96. The Balaban J connectivity index is 1.48. The summed E-state index contributed by atoms with van der Waals surface area (Å²) >= 11 is 0. The zero-order valence-electron chi connectivity index (χ0n) is 25.1. The van der Waals surface area contributed by atoms with Crippen molar-refractivity contribution < 1.29 is 27.3 Å². The Morgan fingerprint density at radius 2 is 1.91 bits per heavy atom. The largest absolute Gasteiger partial charge is 0.416 e. The number of nitrogens with zero attached hydrogens (tertiary/aromatic N) is 6. The molecule has 4 aromatic heterocycles. The molecule has 0 atom stereocenters. The molecule has 0 fully saturated rings. The molecule has 0 bridgehead atoms. The van der Waals surface area contributed by atoms with Crippen LogP contribution in [0.5, 0.6) is 0 Å². The Hall–Kier alpha value is -5.34. The molecule has 0 aliphatic carbocycles. The number of imidazole rings is 1. The minimum atomic E-state index is -4.73. The number of alkyl halides is 3. The summed E-state index contributed by atoms with van der Waals surface area (Å²) in [5.74, 6) is -1.03. The molecule has 0 aliphatic heterocycles. The number of nitrogens with one attached hydrogen (secondary N) is 3. The number of aromatic amines is 1. The topological polar surface area (TPSA) is 157 Å². The van der Waals surface area contributed by atoms with Crippen LogP contribution < -0.4 is 10.6 Å². The Morgan fingerprint density at radius 3 is 2.56 bits per heavy atom. The molecule has 0 radical (unpaired) electrons. The molecule has 0 unspecified atom stereocenters. The van der Waals surface area contributed by atoms with Crippen LogP contribution in [0.25, 0.3) is 33.8 Å². The molecular weight excluding hydrogens is 591 g/mol. The molecule has 4 heterocycles. The van der Waals surface area contributed by atoms with E-state index in [0.29, 0.717) is 33.9 Å². The standard InChI is InChI=1S/C30H30F3N9O3/c1-7-21(43)36-20-14-42(15(2)3)40-23(20)25-37-22-18(10-11-34-24(22)38-25)16-8-9-17(19(12-16)30(31,32)33)13-35-26(44)27-39-28(41-45-27)29(4,5)6/h7-12,14-15H,1,13H2,2-6H3,(H,35,44)(H,36,43)(H,34,37,38). The summed E-state index contributed by atoms with van der Waals surface area (Å²) in [5.41, 5.74) is 0.322. The molecule has 3 N–H and O–H groups in total. The molecule has 1 aromatic carbocycles. The van der Waals surface area contributed by atoms with Crippen molar-refractivity contribution in [1.82, 2.24) is 40.2 Å². The van der Waals surface area contributed by atoms with Crippen molar-refractivity contribution in [2.24, 2.45) is 0 Å². The van der Waals surface area contributed by atoms with Gasteiger partial charge in [-0.3, -0.25) is 14.3 Å². The summed E-state index contributed by atoms with van der Waals surface area (Å²) < 4.78 is 49.4. The number of aromatic nitrogens is 7. The van der Waals surface area contributed by atoms with Gasteiger partial charge in [-0.15, -0.1) is 0 Å². The van der Waals surface area contributed by atoms with Crippen molar-refractivity contribution in [2.75, 3.05) is 5.32 Å². The summed E-state index contributed by atoms with van der Waals surface area (Å²) in [6.45, 7) is 12.4. The third-order valence-corrected chi connectivity index (χ3v) is 6.77. The van der Waals surface area contributed by atoms with E-state index in [-0.39, 0.29) is 28.9 Å². The van der Waals surface area contributed by atoms with Crippen molar-refractivity contribution in [1.29, 1.82) is 0 Å². The second-order valence-electron chi connectivity index (χ2n) is 11.5. The van der Waals surface area contributed by atoms with E-state index in [1.54, 1.807) is 16.9 Å². The second kappa shape index (κ2) is 11.6. The van der Waals surface area contributed by atoms with E-state index < -0.39 is 35.5 Å². The highest BCUT2D eigenvalue weighted by molar-refractivity contribution is 6.01. The molecule has 0 saturated carbocycles. The fourth-order valence-electron chi connectivity index (χ4n) is 4.40. The Labute approximate surface area is 255 Å². The number of carbonyl (C=O) groups excluding carboxylic acids is 2. The summed E-state index contributed by atoms with van der Waals surface area (Å²) in [6.07, 6.45) is -0.511. The zero-order valence-corrected chi connectivity index (χ0v) is 25.1. The smallest absolute Gasteiger partial charge is 0.344 e. The van der Waals surface area contributed by atoms with E-state index in [1.807, 2.05) is 34.6 Å². The molecule has 12 nitrogen and oxygen atoms in total. The van der Waals surface area contributed by atoms with Crippen LogP contribution in [0.1, 0.15) is 68.3 Å². The molecule has 0 saturated heterocycles. The number of benzene rings is 1. The number of pyridine rings is 1. The summed E-state index contributed by atoms with van der Waals surface area (Å²) in [5, 5.41) is 13.4. The van der Waals surface area contributed by atoms with Crippen LogP contribution in [0.4, 0.5) is 18.9 Å². The van der Waals surface area contributed by atoms with E-state index in [0.717, 1.165) is 12.1 Å². The van der Waals surface area contributed by atoms with Crippen LogP contribution in [-0.4, -0.2) is 46.7 Å². The van der Waals surface area contributed by atoms with E-state index in [2.05, 4.69) is 47.4 Å². The zero-order chi connectivity index (χ0) is 32.7. The summed E-state index contributed by atoms with van der Waals surface area (Å²) in [6, 6.07) is 5.32. The molecule has 0 aliphatic rings. The predicted molar refractivity (Wildman–Crippen MR) is 159 cm³/mol. The fraction of sp³-hybridized carbons (Fsp3) is 0.300. The van der Waals surface area contributed by atoms with Gasteiger partial charge in [-0.25, -0.2) is 9.97 Å². The van der Waals surface area contributed by atoms with Crippen molar-refractivity contribution in [3.63, 3.8) is 0 Å². The highest BCUT2D eigenvalue weighted by Gasteiger charge is 2.34. The lowest BCUT2D eigenvalue weighted by molar-refractivity contribution is -0.138. The minimum Gasteiger partial charge on any atom is -0.344 e. The van der Waals surface area contributed by atoms with Crippen molar-refractivity contribution >= 4 is 28.7 Å². The number of rotatable bonds is 8. The Morgan fingerprint density at radius 1 is 1.16 bits per heavy atom. The van der Waals surface area contributed by atoms with Crippen LogP contribution in [-0.2, 0) is 22.9 Å². The number of carbonyl (C=O) groups is 2. The first-order valence-electron chi connectivity index (χ1n) is 13.9. The van der Waals surface area contributed by atoms with Gasteiger partial charge < -0.3 is 20.1 Å². The third kappa shape index (κ3) is 6.46. The summed E-state index contributed by atoms with van der Waals surface area (Å²) in [7, 11) is 0. The van der Waals surface area contributed by atoms with Gasteiger partial charge in [-0.2, -0.15) is 23.3 Å². The van der Waals surface area contributed by atoms with Crippen LogP contribution in [0.2, 0.25) is 0 Å². The SMILES string of the molecule is C=CC(=O)Nc1cn(C(C)C)nc1-c1nc2c(-c3ccc(CNC(=O)c4nc(C(C)(C)C)no4)c(C(F)(F)F)c3)ccnc2[nH]1. The van der Waals surface area contributed by atoms with Gasteiger partial charge in [-0.1, -0.05) is 44.6 Å². The van der Waals surface area contributed by atoms with Gasteiger partial charge in [0.05, 0.1) is 11.3 Å². The number of anilines is 1. The second-order valence-corrected chi connectivity index (χ2v) is 11.5. The van der Waals surface area contributed by atoms with Crippen LogP contribution in [0, 0.1) is 0 Å². The number of hydrogen-bond acceptors (Lipinski definition) is 8. The van der Waals surface area contributed by atoms with E-state index in [1.165, 1.54) is 18.3 Å². The average molecular weight is 622 g/mol. The first-order valence-corrected chi connectivity index (χ1v) is 13.9. The number of fused-ring (bicyclic) bond motifs is 1. The fourth-order valence-corrected chi connectivity index (χ4v) is 4.40. The lowest BCUT2D eigenvalue weighted by Crippen LogP contribution is -2.25. The maximum atomic E-state index is 14.3. The monoisotopic (exact) mass is 621 g/mol. The molecule has 15 heteroatoms. The first-order chi connectivity index (χ1) is 21.2. The number of H-pyrrole nitrogens is 1. The van der Waals surface area contributed by atoms with E-state index >= 15 is 0 Å². The number of halogens is 3. The summed E-state index contributed by atoms with van der Waals surface area (Å²) in [4.78, 5) is 40.6. The number of hydrogen-bond donors (Lipinski definition) is 3. The van der Waals surface area contributed by atoms with Crippen LogP contribution in [0.3, 0.4) is 0 Å². The molecule has 2 amide bonds. The van der Waals surface area contributed by atoms with Crippen molar-refractivity contribution in [3.8, 4) is 22.6 Å². The Bertz CT molecular complexity index is 1910. The third-order valence-electron chi connectivity index (χ3n) is 6.77. The van der Waals surface area contributed by atoms with Gasteiger partial charge in [0, 0.05) is 36.0 Å². The maximum Gasteiger partial charge on any atom is 0.416 e. The van der Waals surface area contributed by atoms with Gasteiger partial charge >= 0.3 is 18.0 Å². The molecule has 5 aromatic rings. The van der Waals surface area contributed by atoms with Gasteiger partial charge in [-0.05, 0) is 43.2 Å². The van der Waals surface area contributed by atoms with Crippen LogP contribution >= 0.6 is 0 Å². The quantitative estimate of drug-likeness (QED) is 0.183. The van der Waals surface area contributed by atoms with E-state index in [9.17, 15) is 22.8 Å². The molecular formula is C30H30F3N9O3. The van der Waals surface area contributed by atoms with E-state index in [4.69, 9.17) is 4.52 Å². The molecule has 234 valence electrons. The van der Waals surface area contributed by atoms with Gasteiger partial charge in [0.15, 0.2) is 23.0 Å². The van der Waals surface area contributed by atoms with Crippen molar-refractivity contribution in [2.45, 2.75) is 58.8 Å². The van der Waals surface area contributed by atoms with Crippen molar-refractivity contribution in [3.05, 3.63) is 72.2 Å². The normalized spacial score (nSPS) is 12.1. The lowest BCUT2D eigenvalue weighted by Gasteiger charge is -2.15. The molecule has 45 heavy (non-hydrogen) atoms. The highest BCUT2D eigenvalue weighted by Crippen LogP contribution is 2.37. The van der Waals surface area contributed by atoms with Gasteiger partial charge in [0.2, 0.25) is 5.91 Å².